The fourth-order valence-corrected chi connectivity index (χ4v) is 2.53. The van der Waals surface area contributed by atoms with E-state index in [2.05, 4.69) is 10.3 Å². The lowest BCUT2D eigenvalue weighted by Crippen LogP contribution is -2.32. The SMILES string of the molecule is COc1ccc(OC(C)CNC(=O)C=Cc2cnc(C)s2)cc1. The van der Waals surface area contributed by atoms with Crippen molar-refractivity contribution in [2.45, 2.75) is 20.0 Å². The summed E-state index contributed by atoms with van der Waals surface area (Å²) < 4.78 is 10.8. The first-order valence-electron chi connectivity index (χ1n) is 7.26. The maximum absolute atomic E-state index is 11.8. The largest absolute Gasteiger partial charge is 0.497 e. The van der Waals surface area contributed by atoms with Crippen LogP contribution in [0.5, 0.6) is 11.5 Å². The molecular weight excluding hydrogens is 312 g/mol. The third-order valence-electron chi connectivity index (χ3n) is 3.00. The summed E-state index contributed by atoms with van der Waals surface area (Å²) in [6, 6.07) is 7.34. The van der Waals surface area contributed by atoms with Crippen LogP contribution >= 0.6 is 11.3 Å². The summed E-state index contributed by atoms with van der Waals surface area (Å²) in [5, 5.41) is 3.79. The van der Waals surface area contributed by atoms with Crippen LogP contribution in [0.3, 0.4) is 0 Å². The Morgan fingerprint density at radius 1 is 1.35 bits per heavy atom. The van der Waals surface area contributed by atoms with Crippen molar-refractivity contribution >= 4 is 23.3 Å². The number of hydrogen-bond acceptors (Lipinski definition) is 5. The minimum absolute atomic E-state index is 0.133. The molecule has 1 amide bonds. The van der Waals surface area contributed by atoms with Crippen LogP contribution in [0.4, 0.5) is 0 Å². The minimum Gasteiger partial charge on any atom is -0.497 e. The van der Waals surface area contributed by atoms with Crippen LogP contribution in [0.1, 0.15) is 16.8 Å². The maximum atomic E-state index is 11.8. The molecule has 1 aromatic carbocycles. The molecule has 1 unspecified atom stereocenters. The van der Waals surface area contributed by atoms with E-state index in [1.165, 1.54) is 6.08 Å². The summed E-state index contributed by atoms with van der Waals surface area (Å²) in [6.45, 7) is 4.26. The summed E-state index contributed by atoms with van der Waals surface area (Å²) >= 11 is 1.55. The van der Waals surface area contributed by atoms with E-state index < -0.39 is 0 Å². The van der Waals surface area contributed by atoms with Crippen molar-refractivity contribution in [3.63, 3.8) is 0 Å². The van der Waals surface area contributed by atoms with Gasteiger partial charge in [-0.25, -0.2) is 4.98 Å². The van der Waals surface area contributed by atoms with Crippen molar-refractivity contribution in [2.24, 2.45) is 0 Å². The first-order chi connectivity index (χ1) is 11.1. The summed E-state index contributed by atoms with van der Waals surface area (Å²) in [6.07, 6.45) is 4.88. The van der Waals surface area contributed by atoms with Gasteiger partial charge in [-0.15, -0.1) is 11.3 Å². The van der Waals surface area contributed by atoms with Gasteiger partial charge in [0.15, 0.2) is 0 Å². The lowest BCUT2D eigenvalue weighted by atomic mass is 10.3. The fraction of sp³-hybridized carbons (Fsp3) is 0.294. The summed E-state index contributed by atoms with van der Waals surface area (Å²) in [4.78, 5) is 16.9. The number of carbonyl (C=O) groups excluding carboxylic acids is 1. The average Bonchev–Trinajstić information content (AvgIpc) is 2.97. The lowest BCUT2D eigenvalue weighted by Gasteiger charge is -2.15. The quantitative estimate of drug-likeness (QED) is 0.792. The highest BCUT2D eigenvalue weighted by atomic mass is 32.1. The zero-order valence-electron chi connectivity index (χ0n) is 13.4. The lowest BCUT2D eigenvalue weighted by molar-refractivity contribution is -0.116. The molecule has 1 aromatic heterocycles. The van der Waals surface area contributed by atoms with E-state index in [-0.39, 0.29) is 12.0 Å². The predicted molar refractivity (Wildman–Crippen MR) is 92.0 cm³/mol. The molecule has 0 aliphatic heterocycles. The van der Waals surface area contributed by atoms with Gasteiger partial charge in [-0.1, -0.05) is 0 Å². The molecule has 0 fully saturated rings. The first kappa shape index (κ1) is 17.0. The molecule has 122 valence electrons. The van der Waals surface area contributed by atoms with Crippen molar-refractivity contribution in [1.82, 2.24) is 10.3 Å². The van der Waals surface area contributed by atoms with Crippen LogP contribution in [0.2, 0.25) is 0 Å². The Labute approximate surface area is 140 Å². The van der Waals surface area contributed by atoms with Crippen LogP contribution in [-0.2, 0) is 4.79 Å². The third kappa shape index (κ3) is 5.75. The van der Waals surface area contributed by atoms with Gasteiger partial charge in [-0.05, 0) is 44.2 Å². The smallest absolute Gasteiger partial charge is 0.244 e. The highest BCUT2D eigenvalue weighted by molar-refractivity contribution is 7.12. The number of hydrogen-bond donors (Lipinski definition) is 1. The van der Waals surface area contributed by atoms with E-state index >= 15 is 0 Å². The van der Waals surface area contributed by atoms with E-state index in [1.54, 1.807) is 30.7 Å². The van der Waals surface area contributed by atoms with E-state index in [0.29, 0.717) is 6.54 Å². The molecule has 0 bridgehead atoms. The Morgan fingerprint density at radius 3 is 2.65 bits per heavy atom. The second kappa shape index (κ2) is 8.33. The molecule has 23 heavy (non-hydrogen) atoms. The number of amides is 1. The number of ether oxygens (including phenoxy) is 2. The Balaban J connectivity index is 1.75. The molecule has 1 heterocycles. The molecule has 0 aliphatic rings. The fourth-order valence-electron chi connectivity index (χ4n) is 1.84. The van der Waals surface area contributed by atoms with E-state index in [9.17, 15) is 4.79 Å². The Hall–Kier alpha value is -2.34. The van der Waals surface area contributed by atoms with E-state index in [0.717, 1.165) is 21.4 Å². The average molecular weight is 332 g/mol. The molecule has 1 N–H and O–H groups in total. The standard InChI is InChI=1S/C17H20N2O3S/c1-12(22-15-6-4-14(21-3)5-7-15)10-19-17(20)9-8-16-11-18-13(2)23-16/h4-9,11-12H,10H2,1-3H3,(H,19,20). The van der Waals surface area contributed by atoms with Gasteiger partial charge in [0.05, 0.1) is 18.7 Å². The van der Waals surface area contributed by atoms with Gasteiger partial charge in [0.2, 0.25) is 5.91 Å². The number of benzene rings is 1. The van der Waals surface area contributed by atoms with Gasteiger partial charge in [-0.3, -0.25) is 4.79 Å². The molecular formula is C17H20N2O3S. The summed E-state index contributed by atoms with van der Waals surface area (Å²) in [5.74, 6) is 1.37. The highest BCUT2D eigenvalue weighted by Crippen LogP contribution is 2.18. The number of nitrogens with one attached hydrogen (secondary N) is 1. The highest BCUT2D eigenvalue weighted by Gasteiger charge is 2.06. The van der Waals surface area contributed by atoms with Crippen LogP contribution in [0.15, 0.2) is 36.5 Å². The second-order valence-electron chi connectivity index (χ2n) is 4.96. The molecule has 0 radical (unpaired) electrons. The minimum atomic E-state index is -0.152. The van der Waals surface area contributed by atoms with Crippen LogP contribution in [0.25, 0.3) is 6.08 Å². The van der Waals surface area contributed by atoms with Crippen LogP contribution < -0.4 is 14.8 Å². The van der Waals surface area contributed by atoms with Gasteiger partial charge in [-0.2, -0.15) is 0 Å². The van der Waals surface area contributed by atoms with Crippen LogP contribution in [-0.4, -0.2) is 30.6 Å². The monoisotopic (exact) mass is 332 g/mol. The van der Waals surface area contributed by atoms with Gasteiger partial charge in [0, 0.05) is 17.2 Å². The number of aromatic nitrogens is 1. The van der Waals surface area contributed by atoms with Gasteiger partial charge in [0.25, 0.3) is 0 Å². The Morgan fingerprint density at radius 2 is 2.04 bits per heavy atom. The maximum Gasteiger partial charge on any atom is 0.244 e. The topological polar surface area (TPSA) is 60.5 Å². The summed E-state index contributed by atoms with van der Waals surface area (Å²) in [7, 11) is 1.62. The molecule has 0 saturated carbocycles. The molecule has 0 spiro atoms. The molecule has 0 saturated heterocycles. The van der Waals surface area contributed by atoms with Crippen molar-refractivity contribution < 1.29 is 14.3 Å². The molecule has 6 heteroatoms. The van der Waals surface area contributed by atoms with Gasteiger partial charge < -0.3 is 14.8 Å². The normalized spacial score (nSPS) is 12.1. The first-order valence-corrected chi connectivity index (χ1v) is 8.07. The zero-order chi connectivity index (χ0) is 16.7. The third-order valence-corrected chi connectivity index (χ3v) is 3.88. The number of methoxy groups -OCH3 is 1. The molecule has 2 rings (SSSR count). The Kier molecular flexibility index (Phi) is 6.17. The number of aryl methyl sites for hydroxylation is 1. The number of nitrogens with zero attached hydrogens (tertiary/aromatic N) is 1. The molecule has 5 nitrogen and oxygen atoms in total. The van der Waals surface area contributed by atoms with E-state index in [4.69, 9.17) is 9.47 Å². The van der Waals surface area contributed by atoms with Crippen molar-refractivity contribution in [2.75, 3.05) is 13.7 Å². The molecule has 2 aromatic rings. The second-order valence-corrected chi connectivity index (χ2v) is 6.23. The van der Waals surface area contributed by atoms with Gasteiger partial charge >= 0.3 is 0 Å². The Bertz CT molecular complexity index is 665. The van der Waals surface area contributed by atoms with Crippen molar-refractivity contribution in [1.29, 1.82) is 0 Å². The van der Waals surface area contributed by atoms with Crippen molar-refractivity contribution in [3.8, 4) is 11.5 Å². The van der Waals surface area contributed by atoms with E-state index in [1.807, 2.05) is 38.1 Å². The zero-order valence-corrected chi connectivity index (χ0v) is 14.2. The number of carbonyl (C=O) groups is 1. The van der Waals surface area contributed by atoms with Gasteiger partial charge in [0.1, 0.15) is 17.6 Å². The predicted octanol–water partition coefficient (Wildman–Crippen LogP) is 3.06. The molecule has 1 atom stereocenters. The number of thiazole rings is 1. The van der Waals surface area contributed by atoms with Crippen molar-refractivity contribution in [3.05, 3.63) is 46.4 Å². The molecule has 0 aliphatic carbocycles. The number of rotatable bonds is 7. The summed E-state index contributed by atoms with van der Waals surface area (Å²) in [5.41, 5.74) is 0. The van der Waals surface area contributed by atoms with Crippen LogP contribution in [0, 0.1) is 6.92 Å².